The molecule has 1 heterocycles. The number of nitrogens with two attached hydrogens (primary N) is 1. The van der Waals surface area contributed by atoms with Crippen LogP contribution in [0.1, 0.15) is 10.4 Å². The number of anilines is 1. The molecule has 1 aromatic heterocycles. The van der Waals surface area contributed by atoms with E-state index in [9.17, 15) is 4.79 Å². The van der Waals surface area contributed by atoms with Gasteiger partial charge in [0.15, 0.2) is 0 Å². The lowest BCUT2D eigenvalue weighted by molar-refractivity contribution is 0.0735. The molecule has 0 aliphatic carbocycles. The van der Waals surface area contributed by atoms with Crippen LogP contribution in [0.15, 0.2) is 39.5 Å². The van der Waals surface area contributed by atoms with Crippen LogP contribution in [-0.2, 0) is 0 Å². The molecule has 2 aromatic rings. The molecule has 0 unspecified atom stereocenters. The molecule has 0 fully saturated rings. The molecular weight excluding hydrogens is 276 g/mol. The number of nitrogen functional groups attached to an aromatic ring is 1. The van der Waals surface area contributed by atoms with Crippen molar-refractivity contribution in [2.75, 3.05) is 5.73 Å². The van der Waals surface area contributed by atoms with Crippen molar-refractivity contribution in [3.05, 3.63) is 40.5 Å². The fraction of sp³-hybridized carbons (Fsp3) is 0. The molecule has 16 heavy (non-hydrogen) atoms. The van der Waals surface area contributed by atoms with E-state index in [4.69, 9.17) is 10.5 Å². The van der Waals surface area contributed by atoms with Crippen LogP contribution in [0.2, 0.25) is 0 Å². The molecule has 2 N–H and O–H groups in total. The van der Waals surface area contributed by atoms with Crippen molar-refractivity contribution in [2.24, 2.45) is 0 Å². The van der Waals surface area contributed by atoms with Gasteiger partial charge in [0.1, 0.15) is 11.3 Å². The number of hydrogen-bond acceptors (Lipinski definition) is 5. The number of carbonyl (C=O) groups is 1. The first-order chi connectivity index (χ1) is 7.66. The summed E-state index contributed by atoms with van der Waals surface area (Å²) in [5, 5.41) is 3.39. The molecule has 0 saturated carbocycles. The second-order valence-corrected chi connectivity index (χ2v) is 3.86. The Morgan fingerprint density at radius 3 is 2.62 bits per heavy atom. The quantitative estimate of drug-likeness (QED) is 0.675. The Morgan fingerprint density at radius 2 is 2.06 bits per heavy atom. The number of carbonyl (C=O) groups excluding carboxylic acids is 1. The number of nitrogens with zero attached hydrogens (tertiary/aromatic N) is 1. The maximum Gasteiger partial charge on any atom is 0.350 e. The minimum Gasteiger partial charge on any atom is -0.423 e. The highest BCUT2D eigenvalue weighted by atomic mass is 79.9. The third-order valence-electron chi connectivity index (χ3n) is 1.84. The van der Waals surface area contributed by atoms with E-state index in [0.717, 1.165) is 4.47 Å². The highest BCUT2D eigenvalue weighted by molar-refractivity contribution is 9.10. The molecule has 0 aliphatic heterocycles. The Labute approximate surface area is 99.3 Å². The molecular formula is C10H7BrN2O3. The summed E-state index contributed by atoms with van der Waals surface area (Å²) in [6.07, 6.45) is 1.22. The smallest absolute Gasteiger partial charge is 0.350 e. The monoisotopic (exact) mass is 282 g/mol. The number of halogens is 1. The average Bonchev–Trinajstić information content (AvgIpc) is 2.68. The summed E-state index contributed by atoms with van der Waals surface area (Å²) in [6, 6.07) is 6.84. The van der Waals surface area contributed by atoms with Gasteiger partial charge in [-0.25, -0.2) is 4.79 Å². The minimum atomic E-state index is -0.596. The molecule has 2 rings (SSSR count). The van der Waals surface area contributed by atoms with Crippen molar-refractivity contribution >= 4 is 27.8 Å². The van der Waals surface area contributed by atoms with Crippen LogP contribution in [0.4, 0.5) is 5.88 Å². The van der Waals surface area contributed by atoms with E-state index in [1.165, 1.54) is 6.20 Å². The second-order valence-electron chi connectivity index (χ2n) is 2.95. The first-order valence-electron chi connectivity index (χ1n) is 4.34. The summed E-state index contributed by atoms with van der Waals surface area (Å²) >= 11 is 3.28. The predicted molar refractivity (Wildman–Crippen MR) is 60.0 cm³/mol. The van der Waals surface area contributed by atoms with Crippen LogP contribution in [0.5, 0.6) is 5.75 Å². The second kappa shape index (κ2) is 4.36. The summed E-state index contributed by atoms with van der Waals surface area (Å²) in [6.45, 7) is 0. The van der Waals surface area contributed by atoms with Crippen LogP contribution in [-0.4, -0.2) is 11.1 Å². The van der Waals surface area contributed by atoms with Crippen molar-refractivity contribution < 1.29 is 14.1 Å². The number of hydrogen-bond donors (Lipinski definition) is 1. The number of ether oxygens (including phenoxy) is 1. The highest BCUT2D eigenvalue weighted by Crippen LogP contribution is 2.18. The van der Waals surface area contributed by atoms with E-state index < -0.39 is 5.97 Å². The molecule has 6 heteroatoms. The van der Waals surface area contributed by atoms with Crippen molar-refractivity contribution in [2.45, 2.75) is 0 Å². The van der Waals surface area contributed by atoms with Gasteiger partial charge in [0.05, 0.1) is 6.20 Å². The third-order valence-corrected chi connectivity index (χ3v) is 2.37. The maximum absolute atomic E-state index is 11.6. The Balaban J connectivity index is 2.14. The normalized spacial score (nSPS) is 10.1. The number of rotatable bonds is 2. The van der Waals surface area contributed by atoms with E-state index >= 15 is 0 Å². The standard InChI is InChI=1S/C10H7BrN2O3/c11-6-1-3-7(4-2-6)15-10(14)8-5-13-16-9(8)12/h1-5H,12H2. The van der Waals surface area contributed by atoms with Gasteiger partial charge in [-0.2, -0.15) is 0 Å². The molecule has 0 atom stereocenters. The Kier molecular flexibility index (Phi) is 2.91. The molecule has 1 aromatic carbocycles. The van der Waals surface area contributed by atoms with E-state index in [-0.39, 0.29) is 11.4 Å². The lowest BCUT2D eigenvalue weighted by atomic mass is 10.3. The zero-order valence-electron chi connectivity index (χ0n) is 8.01. The first-order valence-corrected chi connectivity index (χ1v) is 5.14. The molecule has 0 aliphatic rings. The molecule has 0 radical (unpaired) electrons. The minimum absolute atomic E-state index is 0.0536. The Hall–Kier alpha value is -1.82. The Morgan fingerprint density at radius 1 is 1.38 bits per heavy atom. The third kappa shape index (κ3) is 2.22. The van der Waals surface area contributed by atoms with Gasteiger partial charge in [0.2, 0.25) is 5.88 Å². The van der Waals surface area contributed by atoms with Crippen LogP contribution in [0.25, 0.3) is 0 Å². The largest absolute Gasteiger partial charge is 0.423 e. The fourth-order valence-electron chi connectivity index (χ4n) is 1.07. The zero-order valence-corrected chi connectivity index (χ0v) is 9.60. The summed E-state index contributed by atoms with van der Waals surface area (Å²) < 4.78 is 10.5. The molecule has 0 spiro atoms. The number of benzene rings is 1. The van der Waals surface area contributed by atoms with Crippen molar-refractivity contribution in [1.82, 2.24) is 5.16 Å². The summed E-state index contributed by atoms with van der Waals surface area (Å²) in [7, 11) is 0. The summed E-state index contributed by atoms with van der Waals surface area (Å²) in [5.74, 6) is -0.225. The van der Waals surface area contributed by atoms with E-state index in [1.54, 1.807) is 24.3 Å². The molecule has 0 saturated heterocycles. The summed E-state index contributed by atoms with van der Waals surface area (Å²) in [5.41, 5.74) is 5.50. The van der Waals surface area contributed by atoms with Crippen molar-refractivity contribution in [3.63, 3.8) is 0 Å². The van der Waals surface area contributed by atoms with Gasteiger partial charge in [-0.3, -0.25) is 0 Å². The van der Waals surface area contributed by atoms with Gasteiger partial charge < -0.3 is 15.0 Å². The summed E-state index contributed by atoms with van der Waals surface area (Å²) in [4.78, 5) is 11.6. The lowest BCUT2D eigenvalue weighted by Crippen LogP contribution is -2.09. The van der Waals surface area contributed by atoms with Gasteiger partial charge >= 0.3 is 5.97 Å². The molecule has 0 amide bonds. The van der Waals surface area contributed by atoms with Gasteiger partial charge in [0, 0.05) is 4.47 Å². The van der Waals surface area contributed by atoms with E-state index in [0.29, 0.717) is 5.75 Å². The number of aromatic nitrogens is 1. The maximum atomic E-state index is 11.6. The molecule has 5 nitrogen and oxygen atoms in total. The van der Waals surface area contributed by atoms with Gasteiger partial charge in [-0.05, 0) is 24.3 Å². The SMILES string of the molecule is Nc1oncc1C(=O)Oc1ccc(Br)cc1. The van der Waals surface area contributed by atoms with Crippen LogP contribution >= 0.6 is 15.9 Å². The van der Waals surface area contributed by atoms with Crippen molar-refractivity contribution in [3.8, 4) is 5.75 Å². The van der Waals surface area contributed by atoms with Gasteiger partial charge in [-0.1, -0.05) is 21.1 Å². The zero-order chi connectivity index (χ0) is 11.5. The molecule has 82 valence electrons. The number of esters is 1. The fourth-order valence-corrected chi connectivity index (χ4v) is 1.33. The Bertz CT molecular complexity index is 507. The first kappa shape index (κ1) is 10.7. The highest BCUT2D eigenvalue weighted by Gasteiger charge is 2.15. The van der Waals surface area contributed by atoms with Crippen LogP contribution in [0, 0.1) is 0 Å². The molecule has 0 bridgehead atoms. The van der Waals surface area contributed by atoms with Gasteiger partial charge in [-0.15, -0.1) is 0 Å². The lowest BCUT2D eigenvalue weighted by Gasteiger charge is -2.02. The van der Waals surface area contributed by atoms with Crippen molar-refractivity contribution in [1.29, 1.82) is 0 Å². The van der Waals surface area contributed by atoms with Crippen LogP contribution in [0.3, 0.4) is 0 Å². The average molecular weight is 283 g/mol. The predicted octanol–water partition coefficient (Wildman–Crippen LogP) is 2.24. The van der Waals surface area contributed by atoms with E-state index in [2.05, 4.69) is 25.6 Å². The van der Waals surface area contributed by atoms with Gasteiger partial charge in [0.25, 0.3) is 0 Å². The van der Waals surface area contributed by atoms with E-state index in [1.807, 2.05) is 0 Å². The topological polar surface area (TPSA) is 78.4 Å². The van der Waals surface area contributed by atoms with Crippen LogP contribution < -0.4 is 10.5 Å².